The van der Waals surface area contributed by atoms with Gasteiger partial charge in [0.2, 0.25) is 0 Å². The van der Waals surface area contributed by atoms with Crippen LogP contribution in [0.1, 0.15) is 37.0 Å². The minimum Gasteiger partial charge on any atom is -0.485 e. The summed E-state index contributed by atoms with van der Waals surface area (Å²) in [6.45, 7) is 5.80. The smallest absolute Gasteiger partial charge is 0.308 e. The fraction of sp³-hybridized carbons (Fsp3) is 0.375. The maximum Gasteiger partial charge on any atom is 0.308 e. The number of hydrogen-bond donors (Lipinski definition) is 1. The number of nitrogens with zero attached hydrogens (tertiary/aromatic N) is 1. The Labute approximate surface area is 191 Å². The number of fused-ring (bicyclic) bond motifs is 1. The Bertz CT molecular complexity index is 1060. The van der Waals surface area contributed by atoms with E-state index in [-0.39, 0.29) is 23.7 Å². The minimum absolute atomic E-state index is 0.192. The molecule has 2 aromatic rings. The zero-order valence-corrected chi connectivity index (χ0v) is 19.2. The highest BCUT2D eigenvalue weighted by Gasteiger charge is 2.41. The Hall–Kier alpha value is -2.84. The molecule has 0 radical (unpaired) electrons. The van der Waals surface area contributed by atoms with Gasteiger partial charge in [0, 0.05) is 6.92 Å². The Morgan fingerprint density at radius 1 is 1.31 bits per heavy atom. The van der Waals surface area contributed by atoms with Crippen molar-refractivity contribution >= 4 is 28.8 Å². The predicted molar refractivity (Wildman–Crippen MR) is 122 cm³/mol. The predicted octanol–water partition coefficient (Wildman–Crippen LogP) is 4.06. The molecular weight excluding hydrogens is 428 g/mol. The Morgan fingerprint density at radius 2 is 2.06 bits per heavy atom. The Kier molecular flexibility index (Phi) is 6.26. The third kappa shape index (κ3) is 4.81. The first-order valence-electron chi connectivity index (χ1n) is 10.5. The first-order chi connectivity index (χ1) is 15.2. The molecule has 1 N–H and O–H groups in total. The minimum atomic E-state index is -0.749. The number of thioether (sulfide) groups is 1. The first kappa shape index (κ1) is 22.4. The van der Waals surface area contributed by atoms with Crippen LogP contribution in [0.5, 0.6) is 11.5 Å². The van der Waals surface area contributed by atoms with E-state index < -0.39 is 11.0 Å². The van der Waals surface area contributed by atoms with Crippen molar-refractivity contribution in [2.75, 3.05) is 6.61 Å². The topological polar surface area (TPSA) is 88.9 Å². The molecule has 1 fully saturated rings. The molecule has 168 valence electrons. The molecule has 0 aromatic heterocycles. The van der Waals surface area contributed by atoms with Crippen LogP contribution in [0.3, 0.4) is 0 Å². The highest BCUT2D eigenvalue weighted by Crippen LogP contribution is 2.38. The van der Waals surface area contributed by atoms with Gasteiger partial charge in [0.25, 0.3) is 5.91 Å². The molecule has 0 aliphatic carbocycles. The normalized spacial score (nSPS) is 22.5. The van der Waals surface area contributed by atoms with Crippen molar-refractivity contribution in [1.29, 1.82) is 5.41 Å². The molecule has 2 aliphatic rings. The molecule has 2 atom stereocenters. The molecule has 1 amide bonds. The van der Waals surface area contributed by atoms with Gasteiger partial charge in [0.05, 0.1) is 13.2 Å². The molecule has 2 aliphatic heterocycles. The summed E-state index contributed by atoms with van der Waals surface area (Å²) in [7, 11) is 0. The van der Waals surface area contributed by atoms with E-state index in [0.29, 0.717) is 18.7 Å². The van der Waals surface area contributed by atoms with E-state index in [1.807, 2.05) is 56.3 Å². The molecule has 7 nitrogen and oxygen atoms in total. The summed E-state index contributed by atoms with van der Waals surface area (Å²) in [5.41, 5.74) is 1.41. The number of benzene rings is 2. The number of esters is 1. The number of hydrogen-bond acceptors (Lipinski definition) is 7. The monoisotopic (exact) mass is 454 g/mol. The fourth-order valence-corrected chi connectivity index (χ4v) is 4.64. The number of ether oxygens (including phenoxy) is 3. The van der Waals surface area contributed by atoms with E-state index in [4.69, 9.17) is 19.6 Å². The summed E-state index contributed by atoms with van der Waals surface area (Å²) < 4.78 is 17.5. The van der Waals surface area contributed by atoms with Crippen LogP contribution in [-0.4, -0.2) is 39.6 Å². The summed E-state index contributed by atoms with van der Waals surface area (Å²) in [5.74, 6) is 0.712. The summed E-state index contributed by atoms with van der Waals surface area (Å²) in [6, 6.07) is 13.3. The van der Waals surface area contributed by atoms with Gasteiger partial charge in [-0.15, -0.1) is 0 Å². The van der Waals surface area contributed by atoms with E-state index in [2.05, 4.69) is 0 Å². The van der Waals surface area contributed by atoms with Gasteiger partial charge >= 0.3 is 5.97 Å². The zero-order chi connectivity index (χ0) is 22.9. The van der Waals surface area contributed by atoms with Crippen LogP contribution in [0.4, 0.5) is 0 Å². The average molecular weight is 455 g/mol. The van der Waals surface area contributed by atoms with E-state index in [0.717, 1.165) is 40.6 Å². The quantitative estimate of drug-likeness (QED) is 0.523. The van der Waals surface area contributed by atoms with Crippen LogP contribution in [0.2, 0.25) is 0 Å². The van der Waals surface area contributed by atoms with Crippen molar-refractivity contribution in [3.8, 4) is 11.5 Å². The molecule has 2 unspecified atom stereocenters. The third-order valence-electron chi connectivity index (χ3n) is 5.55. The lowest BCUT2D eigenvalue weighted by Gasteiger charge is -2.36. The average Bonchev–Trinajstić information content (AvgIpc) is 3.01. The van der Waals surface area contributed by atoms with Crippen LogP contribution in [0, 0.1) is 12.3 Å². The number of aryl methyl sites for hydroxylation is 2. The number of nitrogens with one attached hydrogen (secondary N) is 1. The highest BCUT2D eigenvalue weighted by atomic mass is 32.2. The Morgan fingerprint density at radius 3 is 2.78 bits per heavy atom. The van der Waals surface area contributed by atoms with Gasteiger partial charge in [-0.25, -0.2) is 0 Å². The van der Waals surface area contributed by atoms with Crippen LogP contribution in [0.15, 0.2) is 42.5 Å². The molecule has 0 saturated carbocycles. The van der Waals surface area contributed by atoms with Gasteiger partial charge in [0.1, 0.15) is 17.1 Å². The third-order valence-corrected chi connectivity index (χ3v) is 6.54. The Balaban J connectivity index is 1.39. The van der Waals surface area contributed by atoms with Crippen molar-refractivity contribution in [2.24, 2.45) is 0 Å². The summed E-state index contributed by atoms with van der Waals surface area (Å²) in [4.78, 5) is 25.6. The second-order valence-electron chi connectivity index (χ2n) is 8.35. The van der Waals surface area contributed by atoms with Crippen molar-refractivity contribution in [3.63, 3.8) is 0 Å². The molecule has 0 spiro atoms. The molecule has 8 heteroatoms. The first-order valence-corrected chi connectivity index (χ1v) is 11.4. The van der Waals surface area contributed by atoms with Crippen molar-refractivity contribution in [2.45, 2.75) is 51.2 Å². The summed E-state index contributed by atoms with van der Waals surface area (Å²) in [5, 5.41) is 8.39. The number of amidine groups is 1. The molecular formula is C24H26N2O5S. The molecule has 2 heterocycles. The molecule has 2 aromatic carbocycles. The van der Waals surface area contributed by atoms with Gasteiger partial charge in [-0.2, -0.15) is 0 Å². The van der Waals surface area contributed by atoms with Crippen molar-refractivity contribution in [1.82, 2.24) is 4.90 Å². The number of carbonyl (C=O) groups excluding carboxylic acids is 2. The SMILES string of the molecule is CC(=O)Oc1cc2c(cc1C)OC(C)(COC1SC(=N)N(Cc3ccccc3)C1=O)CC2. The van der Waals surface area contributed by atoms with Gasteiger partial charge in [-0.3, -0.25) is 19.9 Å². The van der Waals surface area contributed by atoms with Crippen LogP contribution >= 0.6 is 11.8 Å². The van der Waals surface area contributed by atoms with Gasteiger partial charge in [-0.05, 0) is 67.3 Å². The fourth-order valence-electron chi connectivity index (χ4n) is 3.79. The highest BCUT2D eigenvalue weighted by molar-refractivity contribution is 8.15. The largest absolute Gasteiger partial charge is 0.485 e. The number of rotatable bonds is 6. The lowest BCUT2D eigenvalue weighted by Crippen LogP contribution is -2.43. The number of amides is 1. The molecule has 0 bridgehead atoms. The van der Waals surface area contributed by atoms with Crippen LogP contribution in [-0.2, 0) is 27.3 Å². The standard InChI is InChI=1S/C24H26N2O5S/c1-15-11-20-18(12-19(15)30-16(2)27)9-10-24(3,31-20)14-29-22-21(28)26(23(25)32-22)13-17-7-5-4-6-8-17/h4-8,11-12,22,25H,9-10,13-14H2,1-3H3. The summed E-state index contributed by atoms with van der Waals surface area (Å²) >= 11 is 1.12. The molecule has 1 saturated heterocycles. The van der Waals surface area contributed by atoms with Gasteiger partial charge in [0.15, 0.2) is 10.6 Å². The van der Waals surface area contributed by atoms with Crippen molar-refractivity contribution in [3.05, 3.63) is 59.2 Å². The van der Waals surface area contributed by atoms with Gasteiger partial charge in [-0.1, -0.05) is 30.3 Å². The van der Waals surface area contributed by atoms with Gasteiger partial charge < -0.3 is 14.2 Å². The van der Waals surface area contributed by atoms with E-state index in [1.54, 1.807) is 0 Å². The number of carbonyl (C=O) groups is 2. The maximum atomic E-state index is 12.8. The lowest BCUT2D eigenvalue weighted by atomic mass is 9.92. The van der Waals surface area contributed by atoms with Crippen LogP contribution in [0.25, 0.3) is 0 Å². The second kappa shape index (κ2) is 8.96. The second-order valence-corrected chi connectivity index (χ2v) is 9.40. The molecule has 32 heavy (non-hydrogen) atoms. The lowest BCUT2D eigenvalue weighted by molar-refractivity contribution is -0.136. The summed E-state index contributed by atoms with van der Waals surface area (Å²) in [6.07, 6.45) is 1.44. The van der Waals surface area contributed by atoms with Crippen molar-refractivity contribution < 1.29 is 23.8 Å². The van der Waals surface area contributed by atoms with E-state index in [9.17, 15) is 9.59 Å². The zero-order valence-electron chi connectivity index (χ0n) is 18.3. The maximum absolute atomic E-state index is 12.8. The van der Waals surface area contributed by atoms with Crippen LogP contribution < -0.4 is 9.47 Å². The van der Waals surface area contributed by atoms with E-state index >= 15 is 0 Å². The van der Waals surface area contributed by atoms with E-state index in [1.165, 1.54) is 11.8 Å². The molecule has 4 rings (SSSR count).